The van der Waals surface area contributed by atoms with Crippen LogP contribution in [0.5, 0.6) is 5.75 Å². The first-order valence-corrected chi connectivity index (χ1v) is 7.85. The van der Waals surface area contributed by atoms with Gasteiger partial charge in [0.2, 0.25) is 0 Å². The molecular weight excluding hydrogens is 268 g/mol. The van der Waals surface area contributed by atoms with Crippen molar-refractivity contribution >= 4 is 11.3 Å². The Balaban J connectivity index is 2.32. The second kappa shape index (κ2) is 6.86. The molecule has 0 atom stereocenters. The lowest BCUT2D eigenvalue weighted by molar-refractivity contribution is 0.412. The molecule has 0 spiro atoms. The monoisotopic (exact) mass is 290 g/mol. The quantitative estimate of drug-likeness (QED) is 0.878. The van der Waals surface area contributed by atoms with Gasteiger partial charge in [-0.3, -0.25) is 0 Å². The van der Waals surface area contributed by atoms with E-state index in [1.807, 2.05) is 6.07 Å². The summed E-state index contributed by atoms with van der Waals surface area (Å²) in [4.78, 5) is 6.13. The zero-order chi connectivity index (χ0) is 14.5. The molecule has 3 nitrogen and oxygen atoms in total. The van der Waals surface area contributed by atoms with Crippen LogP contribution in [0, 0.1) is 6.92 Å². The van der Waals surface area contributed by atoms with E-state index in [-0.39, 0.29) is 0 Å². The van der Waals surface area contributed by atoms with Gasteiger partial charge in [0.15, 0.2) is 0 Å². The van der Waals surface area contributed by atoms with E-state index in [1.54, 1.807) is 18.4 Å². The van der Waals surface area contributed by atoms with Gasteiger partial charge in [-0.2, -0.15) is 0 Å². The topological polar surface area (TPSA) is 34.1 Å². The maximum Gasteiger partial charge on any atom is 0.123 e. The number of aromatic nitrogens is 1. The van der Waals surface area contributed by atoms with Crippen LogP contribution in [-0.2, 0) is 13.0 Å². The molecule has 0 aliphatic carbocycles. The minimum Gasteiger partial charge on any atom is -0.496 e. The molecule has 0 saturated heterocycles. The van der Waals surface area contributed by atoms with E-state index in [0.29, 0.717) is 0 Å². The van der Waals surface area contributed by atoms with Crippen LogP contribution in [0.2, 0.25) is 0 Å². The summed E-state index contributed by atoms with van der Waals surface area (Å²) in [5.74, 6) is 0.925. The summed E-state index contributed by atoms with van der Waals surface area (Å²) in [6.07, 6.45) is 0.979. The highest BCUT2D eigenvalue weighted by Crippen LogP contribution is 2.31. The van der Waals surface area contributed by atoms with Crippen LogP contribution in [0.4, 0.5) is 0 Å². The largest absolute Gasteiger partial charge is 0.496 e. The Morgan fingerprint density at radius 3 is 2.70 bits per heavy atom. The number of thiazole rings is 1. The second-order valence-electron chi connectivity index (χ2n) is 4.71. The number of nitrogens with one attached hydrogen (secondary N) is 1. The van der Waals surface area contributed by atoms with Gasteiger partial charge in [-0.1, -0.05) is 13.8 Å². The first-order chi connectivity index (χ1) is 9.69. The maximum atomic E-state index is 5.31. The molecule has 108 valence electrons. The van der Waals surface area contributed by atoms with Gasteiger partial charge in [-0.15, -0.1) is 11.3 Å². The molecule has 4 heteroatoms. The van der Waals surface area contributed by atoms with Crippen molar-refractivity contribution in [3.05, 3.63) is 34.3 Å². The van der Waals surface area contributed by atoms with Gasteiger partial charge in [-0.25, -0.2) is 4.98 Å². The molecule has 0 unspecified atom stereocenters. The minimum absolute atomic E-state index is 0.909. The fourth-order valence-corrected chi connectivity index (χ4v) is 3.29. The molecule has 20 heavy (non-hydrogen) atoms. The highest BCUT2D eigenvalue weighted by molar-refractivity contribution is 7.15. The van der Waals surface area contributed by atoms with Gasteiger partial charge in [0.1, 0.15) is 10.8 Å². The molecular formula is C16H22N2OS. The molecule has 1 N–H and O–H groups in total. The van der Waals surface area contributed by atoms with Crippen molar-refractivity contribution in [1.29, 1.82) is 0 Å². The third-order valence-electron chi connectivity index (χ3n) is 3.29. The van der Waals surface area contributed by atoms with E-state index in [4.69, 9.17) is 9.72 Å². The maximum absolute atomic E-state index is 5.31. The average molecular weight is 290 g/mol. The number of methoxy groups -OCH3 is 1. The standard InChI is InChI=1S/C16H22N2OS/c1-5-13-15(10-17-6-2)20-16(18-13)12-7-8-14(19-4)11(3)9-12/h7-9,17H,5-6,10H2,1-4H3. The Labute approximate surface area is 125 Å². The van der Waals surface area contributed by atoms with Crippen LogP contribution in [0.25, 0.3) is 10.6 Å². The first kappa shape index (κ1) is 15.0. The van der Waals surface area contributed by atoms with Crippen LogP contribution >= 0.6 is 11.3 Å². The summed E-state index contributed by atoms with van der Waals surface area (Å²) >= 11 is 1.78. The molecule has 1 aromatic carbocycles. The summed E-state index contributed by atoms with van der Waals surface area (Å²) in [7, 11) is 1.70. The number of aryl methyl sites for hydroxylation is 2. The molecule has 0 aliphatic rings. The van der Waals surface area contributed by atoms with Crippen LogP contribution in [0.3, 0.4) is 0 Å². The van der Waals surface area contributed by atoms with Crippen LogP contribution < -0.4 is 10.1 Å². The highest BCUT2D eigenvalue weighted by Gasteiger charge is 2.12. The zero-order valence-electron chi connectivity index (χ0n) is 12.6. The van der Waals surface area contributed by atoms with E-state index in [0.717, 1.165) is 35.8 Å². The number of benzene rings is 1. The van der Waals surface area contributed by atoms with Crippen molar-refractivity contribution in [2.75, 3.05) is 13.7 Å². The molecule has 0 amide bonds. The van der Waals surface area contributed by atoms with Gasteiger partial charge < -0.3 is 10.1 Å². The molecule has 0 bridgehead atoms. The van der Waals surface area contributed by atoms with Crippen molar-refractivity contribution in [1.82, 2.24) is 10.3 Å². The molecule has 1 aromatic heterocycles. The fraction of sp³-hybridized carbons (Fsp3) is 0.438. The third kappa shape index (κ3) is 3.19. The van der Waals surface area contributed by atoms with E-state index in [9.17, 15) is 0 Å². The Bertz CT molecular complexity index is 578. The van der Waals surface area contributed by atoms with Gasteiger partial charge in [0, 0.05) is 17.0 Å². The Kier molecular flexibility index (Phi) is 5.15. The lowest BCUT2D eigenvalue weighted by atomic mass is 10.1. The predicted molar refractivity (Wildman–Crippen MR) is 85.6 cm³/mol. The molecule has 1 heterocycles. The van der Waals surface area contributed by atoms with Crippen molar-refractivity contribution in [3.63, 3.8) is 0 Å². The summed E-state index contributed by atoms with van der Waals surface area (Å²) in [6, 6.07) is 6.25. The normalized spacial score (nSPS) is 10.8. The summed E-state index contributed by atoms with van der Waals surface area (Å²) in [5, 5.41) is 4.48. The lowest BCUT2D eigenvalue weighted by Gasteiger charge is -2.05. The van der Waals surface area contributed by atoms with Crippen molar-refractivity contribution in [2.45, 2.75) is 33.7 Å². The minimum atomic E-state index is 0.909. The first-order valence-electron chi connectivity index (χ1n) is 7.03. The van der Waals surface area contributed by atoms with Crippen molar-refractivity contribution < 1.29 is 4.74 Å². The Hall–Kier alpha value is -1.39. The van der Waals surface area contributed by atoms with Gasteiger partial charge in [-0.05, 0) is 43.7 Å². The summed E-state index contributed by atoms with van der Waals surface area (Å²) < 4.78 is 5.31. The van der Waals surface area contributed by atoms with Crippen LogP contribution in [0.1, 0.15) is 30.0 Å². The molecule has 2 rings (SSSR count). The van der Waals surface area contributed by atoms with Crippen molar-refractivity contribution in [3.8, 4) is 16.3 Å². The molecule has 0 aliphatic heterocycles. The van der Waals surface area contributed by atoms with E-state index < -0.39 is 0 Å². The summed E-state index contributed by atoms with van der Waals surface area (Å²) in [5.41, 5.74) is 3.52. The molecule has 2 aromatic rings. The zero-order valence-corrected chi connectivity index (χ0v) is 13.4. The van der Waals surface area contributed by atoms with E-state index in [2.05, 4.69) is 38.2 Å². The van der Waals surface area contributed by atoms with Gasteiger partial charge in [0.25, 0.3) is 0 Å². The smallest absolute Gasteiger partial charge is 0.123 e. The third-order valence-corrected chi connectivity index (χ3v) is 4.44. The number of nitrogens with zero attached hydrogens (tertiary/aromatic N) is 1. The molecule has 0 radical (unpaired) electrons. The Morgan fingerprint density at radius 1 is 1.30 bits per heavy atom. The van der Waals surface area contributed by atoms with Crippen molar-refractivity contribution in [2.24, 2.45) is 0 Å². The van der Waals surface area contributed by atoms with Gasteiger partial charge in [0.05, 0.1) is 12.8 Å². The second-order valence-corrected chi connectivity index (χ2v) is 5.79. The summed E-state index contributed by atoms with van der Waals surface area (Å²) in [6.45, 7) is 8.24. The lowest BCUT2D eigenvalue weighted by Crippen LogP contribution is -2.11. The SMILES string of the molecule is CCNCc1sc(-c2ccc(OC)c(C)c2)nc1CC. The average Bonchev–Trinajstić information content (AvgIpc) is 2.88. The van der Waals surface area contributed by atoms with Gasteiger partial charge >= 0.3 is 0 Å². The van der Waals surface area contributed by atoms with Crippen LogP contribution in [-0.4, -0.2) is 18.6 Å². The van der Waals surface area contributed by atoms with E-state index >= 15 is 0 Å². The fourth-order valence-electron chi connectivity index (χ4n) is 2.17. The van der Waals surface area contributed by atoms with E-state index in [1.165, 1.54) is 16.1 Å². The predicted octanol–water partition coefficient (Wildman–Crippen LogP) is 3.80. The van der Waals surface area contributed by atoms with Crippen LogP contribution in [0.15, 0.2) is 18.2 Å². The number of hydrogen-bond donors (Lipinski definition) is 1. The number of ether oxygens (including phenoxy) is 1. The molecule has 0 saturated carbocycles. The Morgan fingerprint density at radius 2 is 2.10 bits per heavy atom. The number of hydrogen-bond acceptors (Lipinski definition) is 4. The highest BCUT2D eigenvalue weighted by atomic mass is 32.1. The number of rotatable bonds is 6. The molecule has 0 fully saturated rings.